The fourth-order valence-electron chi connectivity index (χ4n) is 3.31. The van der Waals surface area contributed by atoms with E-state index >= 15 is 0 Å². The zero-order chi connectivity index (χ0) is 18.7. The molecule has 3 rings (SSSR count). The number of nitrogens with zero attached hydrogens (tertiary/aromatic N) is 1. The lowest BCUT2D eigenvalue weighted by molar-refractivity contribution is -0.123. The Labute approximate surface area is 150 Å². The van der Waals surface area contributed by atoms with Crippen LogP contribution in [0.3, 0.4) is 0 Å². The monoisotopic (exact) mass is 357 g/mol. The molecule has 7 heteroatoms. The largest absolute Gasteiger partial charge is 0.393 e. The molecule has 0 bridgehead atoms. The Balaban J connectivity index is 1.70. The van der Waals surface area contributed by atoms with E-state index < -0.39 is 11.2 Å². The van der Waals surface area contributed by atoms with Crippen LogP contribution in [0.2, 0.25) is 0 Å². The van der Waals surface area contributed by atoms with Gasteiger partial charge in [0.25, 0.3) is 5.56 Å². The molecule has 1 atom stereocenters. The minimum Gasteiger partial charge on any atom is -0.393 e. The molecular weight excluding hydrogens is 334 g/mol. The third kappa shape index (κ3) is 4.29. The molecule has 0 radical (unpaired) electrons. The highest BCUT2D eigenvalue weighted by Crippen LogP contribution is 2.31. The van der Waals surface area contributed by atoms with E-state index in [2.05, 4.69) is 10.3 Å². The van der Waals surface area contributed by atoms with Gasteiger partial charge in [-0.25, -0.2) is 4.79 Å². The fraction of sp³-hybridized carbons (Fsp3) is 0.421. The van der Waals surface area contributed by atoms with Crippen molar-refractivity contribution in [3.05, 3.63) is 68.5 Å². The van der Waals surface area contributed by atoms with Crippen molar-refractivity contribution in [1.29, 1.82) is 0 Å². The van der Waals surface area contributed by atoms with Crippen LogP contribution >= 0.6 is 0 Å². The van der Waals surface area contributed by atoms with Crippen LogP contribution in [0.1, 0.15) is 24.0 Å². The summed E-state index contributed by atoms with van der Waals surface area (Å²) in [6.45, 7) is 1.43. The molecule has 7 nitrogen and oxygen atoms in total. The summed E-state index contributed by atoms with van der Waals surface area (Å²) >= 11 is 0. The van der Waals surface area contributed by atoms with Gasteiger partial charge >= 0.3 is 5.69 Å². The van der Waals surface area contributed by atoms with Crippen molar-refractivity contribution in [3.8, 4) is 0 Å². The number of aryl methyl sites for hydroxylation is 1. The van der Waals surface area contributed by atoms with Crippen LogP contribution in [0.15, 0.2) is 46.1 Å². The van der Waals surface area contributed by atoms with Gasteiger partial charge in [0.15, 0.2) is 0 Å². The van der Waals surface area contributed by atoms with E-state index in [1.165, 1.54) is 10.8 Å². The molecule has 0 aliphatic heterocycles. The number of aromatic nitrogens is 2. The Bertz CT molecular complexity index is 882. The van der Waals surface area contributed by atoms with Gasteiger partial charge in [0.05, 0.1) is 6.10 Å². The number of aliphatic hydroxyl groups is 1. The number of hydrogen-bond donors (Lipinski definition) is 3. The van der Waals surface area contributed by atoms with E-state index in [-0.39, 0.29) is 30.5 Å². The van der Waals surface area contributed by atoms with Crippen molar-refractivity contribution in [3.63, 3.8) is 0 Å². The Morgan fingerprint density at radius 3 is 2.65 bits per heavy atom. The van der Waals surface area contributed by atoms with Gasteiger partial charge in [0, 0.05) is 17.8 Å². The lowest BCUT2D eigenvalue weighted by Gasteiger charge is -2.38. The van der Waals surface area contributed by atoms with Crippen LogP contribution in [0.25, 0.3) is 0 Å². The minimum absolute atomic E-state index is 0.104. The van der Waals surface area contributed by atoms with E-state index in [0.717, 1.165) is 5.56 Å². The van der Waals surface area contributed by atoms with Gasteiger partial charge in [0.1, 0.15) is 6.54 Å². The van der Waals surface area contributed by atoms with Gasteiger partial charge in [-0.1, -0.05) is 30.3 Å². The normalized spacial score (nSPS) is 20.2. The summed E-state index contributed by atoms with van der Waals surface area (Å²) in [4.78, 5) is 37.9. The molecular formula is C19H23N3O4. The highest BCUT2D eigenvalue weighted by molar-refractivity contribution is 5.76. The van der Waals surface area contributed by atoms with Crippen molar-refractivity contribution in [2.75, 3.05) is 0 Å². The summed E-state index contributed by atoms with van der Waals surface area (Å²) < 4.78 is 1.20. The first-order chi connectivity index (χ1) is 12.4. The molecule has 1 fully saturated rings. The summed E-state index contributed by atoms with van der Waals surface area (Å²) in [5.41, 5.74) is 0.433. The van der Waals surface area contributed by atoms with Crippen molar-refractivity contribution in [2.45, 2.75) is 44.9 Å². The van der Waals surface area contributed by atoms with Crippen LogP contribution in [-0.2, 0) is 17.8 Å². The topological polar surface area (TPSA) is 104 Å². The standard InChI is InChI=1S/C19H23N3O4/c1-12-10-22(19(26)21-18(12)25)11-17(24)20-16(14-8-15(23)9-14)7-13-5-3-2-4-6-13/h2-6,10,14-16,23H,7-9,11H2,1H3,(H,20,24)(H,21,25,26)/t14?,15?,16-/m1/s1. The summed E-state index contributed by atoms with van der Waals surface area (Å²) in [6.07, 6.45) is 3.08. The predicted molar refractivity (Wildman–Crippen MR) is 96.9 cm³/mol. The lowest BCUT2D eigenvalue weighted by Crippen LogP contribution is -2.49. The highest BCUT2D eigenvalue weighted by Gasteiger charge is 2.34. The summed E-state index contributed by atoms with van der Waals surface area (Å²) in [5, 5.41) is 12.6. The summed E-state index contributed by atoms with van der Waals surface area (Å²) in [5.74, 6) is -0.0796. The van der Waals surface area contributed by atoms with Crippen molar-refractivity contribution >= 4 is 5.91 Å². The Morgan fingerprint density at radius 2 is 2.00 bits per heavy atom. The van der Waals surface area contributed by atoms with Gasteiger partial charge in [-0.3, -0.25) is 19.1 Å². The van der Waals surface area contributed by atoms with Crippen LogP contribution in [0, 0.1) is 12.8 Å². The number of carbonyl (C=O) groups excluding carboxylic acids is 1. The van der Waals surface area contributed by atoms with E-state index in [1.807, 2.05) is 30.3 Å². The number of hydrogen-bond acceptors (Lipinski definition) is 4. The maximum Gasteiger partial charge on any atom is 0.328 e. The van der Waals surface area contributed by atoms with Gasteiger partial charge in [-0.05, 0) is 37.7 Å². The van der Waals surface area contributed by atoms with Gasteiger partial charge in [-0.2, -0.15) is 0 Å². The lowest BCUT2D eigenvalue weighted by atomic mass is 9.75. The predicted octanol–water partition coefficient (Wildman–Crippen LogP) is 0.343. The zero-order valence-electron chi connectivity index (χ0n) is 14.6. The molecule has 1 heterocycles. The number of benzene rings is 1. The number of aliphatic hydroxyl groups excluding tert-OH is 1. The average molecular weight is 357 g/mol. The first-order valence-corrected chi connectivity index (χ1v) is 8.74. The van der Waals surface area contributed by atoms with Crippen LogP contribution in [0.5, 0.6) is 0 Å². The Kier molecular flexibility index (Phi) is 5.37. The minimum atomic E-state index is -0.602. The fourth-order valence-corrected chi connectivity index (χ4v) is 3.31. The number of rotatable bonds is 6. The molecule has 1 aliphatic rings. The second-order valence-electron chi connectivity index (χ2n) is 6.95. The third-order valence-corrected chi connectivity index (χ3v) is 4.87. The molecule has 1 aromatic carbocycles. The molecule has 1 saturated carbocycles. The van der Waals surface area contributed by atoms with Crippen molar-refractivity contribution < 1.29 is 9.90 Å². The van der Waals surface area contributed by atoms with E-state index in [4.69, 9.17) is 0 Å². The number of aromatic amines is 1. The molecule has 138 valence electrons. The first-order valence-electron chi connectivity index (χ1n) is 8.74. The van der Waals surface area contributed by atoms with E-state index in [1.54, 1.807) is 6.92 Å². The van der Waals surface area contributed by atoms with E-state index in [0.29, 0.717) is 24.8 Å². The van der Waals surface area contributed by atoms with Crippen molar-refractivity contribution in [2.24, 2.45) is 5.92 Å². The third-order valence-electron chi connectivity index (χ3n) is 4.87. The molecule has 0 saturated heterocycles. The second kappa shape index (κ2) is 7.70. The van der Waals surface area contributed by atoms with Crippen LogP contribution < -0.4 is 16.6 Å². The second-order valence-corrected chi connectivity index (χ2v) is 6.95. The van der Waals surface area contributed by atoms with Crippen LogP contribution in [0.4, 0.5) is 0 Å². The first kappa shape index (κ1) is 18.1. The van der Waals surface area contributed by atoms with Gasteiger partial charge < -0.3 is 10.4 Å². The number of nitrogens with one attached hydrogen (secondary N) is 2. The average Bonchev–Trinajstić information content (AvgIpc) is 2.57. The van der Waals surface area contributed by atoms with E-state index in [9.17, 15) is 19.5 Å². The molecule has 2 aromatic rings. The maximum absolute atomic E-state index is 12.5. The van der Waals surface area contributed by atoms with Crippen molar-refractivity contribution in [1.82, 2.24) is 14.9 Å². The molecule has 1 amide bonds. The number of carbonyl (C=O) groups is 1. The molecule has 1 aromatic heterocycles. The Hall–Kier alpha value is -2.67. The molecule has 0 unspecified atom stereocenters. The van der Waals surface area contributed by atoms with Gasteiger partial charge in [0.2, 0.25) is 5.91 Å². The molecule has 1 aliphatic carbocycles. The summed E-state index contributed by atoms with van der Waals surface area (Å²) in [6, 6.07) is 9.75. The Morgan fingerprint density at radius 1 is 1.31 bits per heavy atom. The maximum atomic E-state index is 12.5. The summed E-state index contributed by atoms with van der Waals surface area (Å²) in [7, 11) is 0. The SMILES string of the molecule is Cc1cn(CC(=O)N[C@H](Cc2ccccc2)C2CC(O)C2)c(=O)[nH]c1=O. The zero-order valence-corrected chi connectivity index (χ0v) is 14.6. The molecule has 3 N–H and O–H groups in total. The van der Waals surface area contributed by atoms with Crippen LogP contribution in [-0.4, -0.2) is 32.7 Å². The van der Waals surface area contributed by atoms with Gasteiger partial charge in [-0.15, -0.1) is 0 Å². The number of amides is 1. The highest BCUT2D eigenvalue weighted by atomic mass is 16.3. The number of H-pyrrole nitrogens is 1. The smallest absolute Gasteiger partial charge is 0.328 e. The molecule has 26 heavy (non-hydrogen) atoms. The molecule has 0 spiro atoms. The quantitative estimate of drug-likeness (QED) is 0.694.